The van der Waals surface area contributed by atoms with Crippen molar-refractivity contribution in [3.63, 3.8) is 0 Å². The van der Waals surface area contributed by atoms with Gasteiger partial charge in [-0.3, -0.25) is 4.79 Å². The van der Waals surface area contributed by atoms with Crippen molar-refractivity contribution in [3.8, 4) is 0 Å². The highest BCUT2D eigenvalue weighted by atomic mass is 32.2. The highest BCUT2D eigenvalue weighted by Gasteiger charge is 2.14. The highest BCUT2D eigenvalue weighted by molar-refractivity contribution is 7.91. The van der Waals surface area contributed by atoms with Crippen LogP contribution in [0, 0.1) is 0 Å². The molecule has 0 atom stereocenters. The van der Waals surface area contributed by atoms with Gasteiger partial charge in [-0.15, -0.1) is 11.3 Å². The van der Waals surface area contributed by atoms with E-state index in [1.807, 2.05) is 6.92 Å². The van der Waals surface area contributed by atoms with E-state index >= 15 is 0 Å². The average Bonchev–Trinajstić information content (AvgIpc) is 3.06. The Morgan fingerprint density at radius 1 is 1.38 bits per heavy atom. The molecule has 0 saturated heterocycles. The summed E-state index contributed by atoms with van der Waals surface area (Å²) in [5.74, 6) is 0.462. The van der Waals surface area contributed by atoms with E-state index in [2.05, 4.69) is 5.32 Å². The molecule has 1 amide bonds. The number of primary sulfonamides is 1. The third-order valence-electron chi connectivity index (χ3n) is 2.89. The zero-order valence-corrected chi connectivity index (χ0v) is 13.1. The summed E-state index contributed by atoms with van der Waals surface area (Å²) in [5.41, 5.74) is 0.536. The molecule has 0 radical (unpaired) electrons. The molecule has 2 aromatic rings. The predicted molar refractivity (Wildman–Crippen MR) is 79.8 cm³/mol. The van der Waals surface area contributed by atoms with Crippen molar-refractivity contribution in [2.75, 3.05) is 6.54 Å². The molecule has 0 fully saturated rings. The molecule has 0 aromatic carbocycles. The average molecular weight is 328 g/mol. The maximum absolute atomic E-state index is 12.0. The van der Waals surface area contributed by atoms with Crippen molar-refractivity contribution in [3.05, 3.63) is 40.7 Å². The van der Waals surface area contributed by atoms with Crippen LogP contribution in [0.2, 0.25) is 0 Å². The minimum absolute atomic E-state index is 0.131. The number of nitrogens with two attached hydrogens (primary N) is 1. The van der Waals surface area contributed by atoms with E-state index < -0.39 is 10.0 Å². The highest BCUT2D eigenvalue weighted by Crippen LogP contribution is 2.20. The number of amides is 1. The summed E-state index contributed by atoms with van der Waals surface area (Å²) in [6, 6.07) is 4.81. The molecule has 3 N–H and O–H groups in total. The first-order valence-electron chi connectivity index (χ1n) is 6.38. The Hall–Kier alpha value is -1.64. The number of nitrogens with one attached hydrogen (secondary N) is 1. The number of carbonyl (C=O) groups is 1. The minimum Gasteiger partial charge on any atom is -0.469 e. The van der Waals surface area contributed by atoms with Gasteiger partial charge < -0.3 is 9.73 Å². The Kier molecular flexibility index (Phi) is 4.81. The zero-order chi connectivity index (χ0) is 15.5. The van der Waals surface area contributed by atoms with Gasteiger partial charge in [0.1, 0.15) is 9.97 Å². The largest absolute Gasteiger partial charge is 0.469 e. The van der Waals surface area contributed by atoms with E-state index in [4.69, 9.17) is 9.56 Å². The first-order valence-corrected chi connectivity index (χ1v) is 8.74. The van der Waals surface area contributed by atoms with Gasteiger partial charge in [-0.2, -0.15) is 0 Å². The van der Waals surface area contributed by atoms with Crippen LogP contribution in [0.5, 0.6) is 0 Å². The second kappa shape index (κ2) is 6.42. The van der Waals surface area contributed by atoms with Gasteiger partial charge >= 0.3 is 0 Å². The maximum atomic E-state index is 12.0. The molecule has 0 saturated carbocycles. The van der Waals surface area contributed by atoms with Crippen LogP contribution in [-0.2, 0) is 22.9 Å². The monoisotopic (exact) mass is 328 g/mol. The number of thiophene rings is 1. The van der Waals surface area contributed by atoms with Gasteiger partial charge in [0.15, 0.2) is 0 Å². The molecule has 2 aromatic heterocycles. The summed E-state index contributed by atoms with van der Waals surface area (Å²) >= 11 is 1.11. The van der Waals surface area contributed by atoms with Crippen LogP contribution in [0.3, 0.4) is 0 Å². The summed E-state index contributed by atoms with van der Waals surface area (Å²) in [7, 11) is -3.65. The third kappa shape index (κ3) is 3.93. The fourth-order valence-corrected chi connectivity index (χ4v) is 3.63. The molecule has 8 heteroatoms. The Labute approximate surface area is 127 Å². The van der Waals surface area contributed by atoms with E-state index in [1.54, 1.807) is 12.1 Å². The summed E-state index contributed by atoms with van der Waals surface area (Å²) in [4.78, 5) is 12.8. The lowest BCUT2D eigenvalue weighted by Gasteiger charge is -2.03. The summed E-state index contributed by atoms with van der Waals surface area (Å²) in [5, 5.41) is 7.83. The quantitative estimate of drug-likeness (QED) is 0.839. The van der Waals surface area contributed by atoms with E-state index in [9.17, 15) is 13.2 Å². The topological polar surface area (TPSA) is 102 Å². The van der Waals surface area contributed by atoms with Crippen molar-refractivity contribution in [1.29, 1.82) is 0 Å². The number of sulfonamides is 1. The van der Waals surface area contributed by atoms with Crippen molar-refractivity contribution in [2.24, 2.45) is 5.14 Å². The molecule has 2 heterocycles. The van der Waals surface area contributed by atoms with Crippen LogP contribution >= 0.6 is 11.3 Å². The Morgan fingerprint density at radius 3 is 2.76 bits per heavy atom. The van der Waals surface area contributed by atoms with Gasteiger partial charge in [-0.1, -0.05) is 6.92 Å². The van der Waals surface area contributed by atoms with Gasteiger partial charge in [0, 0.05) is 17.8 Å². The van der Waals surface area contributed by atoms with E-state index in [-0.39, 0.29) is 10.1 Å². The van der Waals surface area contributed by atoms with Gasteiger partial charge in [0.05, 0.1) is 11.8 Å². The summed E-state index contributed by atoms with van der Waals surface area (Å²) in [6.07, 6.45) is 2.69. The van der Waals surface area contributed by atoms with Crippen LogP contribution in [0.1, 0.15) is 27.9 Å². The second-order valence-electron chi connectivity index (χ2n) is 4.38. The van der Waals surface area contributed by atoms with Gasteiger partial charge in [-0.25, -0.2) is 13.6 Å². The third-order valence-corrected chi connectivity index (χ3v) is 5.47. The molecule has 0 aliphatic heterocycles. The Morgan fingerprint density at radius 2 is 2.14 bits per heavy atom. The molecule has 0 spiro atoms. The molecule has 114 valence electrons. The molecule has 0 bridgehead atoms. The Balaban J connectivity index is 1.90. The van der Waals surface area contributed by atoms with Crippen molar-refractivity contribution >= 4 is 27.3 Å². The van der Waals surface area contributed by atoms with Gasteiger partial charge in [0.25, 0.3) is 5.91 Å². The number of rotatable bonds is 6. The fraction of sp³-hybridized carbons (Fsp3) is 0.308. The van der Waals surface area contributed by atoms with Gasteiger partial charge in [0.2, 0.25) is 10.0 Å². The molecule has 0 unspecified atom stereocenters. The lowest BCUT2D eigenvalue weighted by atomic mass is 10.2. The predicted octanol–water partition coefficient (Wildman–Crippen LogP) is 1.52. The first kappa shape index (κ1) is 15.7. The fourth-order valence-electron chi connectivity index (χ4n) is 1.86. The molecule has 21 heavy (non-hydrogen) atoms. The lowest BCUT2D eigenvalue weighted by molar-refractivity contribution is 0.0952. The van der Waals surface area contributed by atoms with Crippen LogP contribution in [0.25, 0.3) is 0 Å². The number of aryl methyl sites for hydroxylation is 1. The number of hydrogen-bond donors (Lipinski definition) is 2. The van der Waals surface area contributed by atoms with Crippen molar-refractivity contribution < 1.29 is 17.6 Å². The van der Waals surface area contributed by atoms with Crippen LogP contribution in [0.4, 0.5) is 0 Å². The second-order valence-corrected chi connectivity index (χ2v) is 7.34. The molecular formula is C13H16N2O4S2. The zero-order valence-electron chi connectivity index (χ0n) is 11.5. The molecule has 2 rings (SSSR count). The van der Waals surface area contributed by atoms with E-state index in [0.29, 0.717) is 30.7 Å². The number of carbonyl (C=O) groups excluding carboxylic acids is 1. The summed E-state index contributed by atoms with van der Waals surface area (Å²) in [6.45, 7) is 2.33. The summed E-state index contributed by atoms with van der Waals surface area (Å²) < 4.78 is 27.7. The van der Waals surface area contributed by atoms with Crippen LogP contribution in [0.15, 0.2) is 33.1 Å². The maximum Gasteiger partial charge on any atom is 0.254 e. The molecule has 0 aliphatic rings. The van der Waals surface area contributed by atoms with Crippen LogP contribution < -0.4 is 10.5 Å². The first-order chi connectivity index (χ1) is 9.91. The van der Waals surface area contributed by atoms with E-state index in [0.717, 1.165) is 16.2 Å². The van der Waals surface area contributed by atoms with Crippen molar-refractivity contribution in [2.45, 2.75) is 24.0 Å². The molecule has 6 nitrogen and oxygen atoms in total. The SMILES string of the molecule is CCc1occc1C(=O)NCCc1ccc(S(N)(=O)=O)s1. The number of furan rings is 1. The number of hydrogen-bond acceptors (Lipinski definition) is 5. The Bertz CT molecular complexity index is 731. The van der Waals surface area contributed by atoms with Crippen molar-refractivity contribution in [1.82, 2.24) is 5.32 Å². The smallest absolute Gasteiger partial charge is 0.254 e. The molecule has 0 aliphatic carbocycles. The molecular weight excluding hydrogens is 312 g/mol. The normalized spacial score (nSPS) is 11.5. The van der Waals surface area contributed by atoms with E-state index in [1.165, 1.54) is 12.3 Å². The van der Waals surface area contributed by atoms with Gasteiger partial charge in [-0.05, 0) is 24.6 Å². The van der Waals surface area contributed by atoms with Crippen LogP contribution in [-0.4, -0.2) is 20.9 Å². The lowest BCUT2D eigenvalue weighted by Crippen LogP contribution is -2.25. The minimum atomic E-state index is -3.65. The standard InChI is InChI=1S/C13H16N2O4S2/c1-2-11-10(6-8-19-11)13(16)15-7-5-9-3-4-12(20-9)21(14,17)18/h3-4,6,8H,2,5,7H2,1H3,(H,15,16)(H2,14,17,18).